The van der Waals surface area contributed by atoms with Crippen LogP contribution < -0.4 is 5.32 Å². The summed E-state index contributed by atoms with van der Waals surface area (Å²) in [6.45, 7) is 0.477. The molecule has 162 valence electrons. The summed E-state index contributed by atoms with van der Waals surface area (Å²) in [6.07, 6.45) is -1.67. The maximum Gasteiger partial charge on any atom is 0.471 e. The lowest BCUT2D eigenvalue weighted by atomic mass is 9.92. The van der Waals surface area contributed by atoms with Crippen LogP contribution in [0.1, 0.15) is 24.0 Å². The molecule has 4 rings (SSSR count). The Morgan fingerprint density at radius 3 is 2.58 bits per heavy atom. The first-order valence-corrected chi connectivity index (χ1v) is 10.4. The van der Waals surface area contributed by atoms with E-state index in [0.29, 0.717) is 36.9 Å². The molecule has 1 saturated heterocycles. The number of alkyl halides is 3. The van der Waals surface area contributed by atoms with Crippen LogP contribution in [0.4, 0.5) is 13.2 Å². The number of aromatic nitrogens is 1. The van der Waals surface area contributed by atoms with E-state index in [1.807, 2.05) is 54.6 Å². The first kappa shape index (κ1) is 21.3. The number of fused-ring (bicyclic) bond motifs is 1. The minimum atomic E-state index is -4.91. The first-order valence-electron chi connectivity index (χ1n) is 10.4. The van der Waals surface area contributed by atoms with Gasteiger partial charge in [-0.25, -0.2) is 0 Å². The van der Waals surface area contributed by atoms with Crippen molar-refractivity contribution in [1.82, 2.24) is 15.2 Å². The molecule has 31 heavy (non-hydrogen) atoms. The lowest BCUT2D eigenvalue weighted by Crippen LogP contribution is -2.53. The summed E-state index contributed by atoms with van der Waals surface area (Å²) in [4.78, 5) is 17.7. The van der Waals surface area contributed by atoms with Gasteiger partial charge in [0.15, 0.2) is 0 Å². The highest BCUT2D eigenvalue weighted by atomic mass is 19.4. The fraction of sp³-hybridized carbons (Fsp3) is 0.333. The van der Waals surface area contributed by atoms with Crippen LogP contribution in [0.5, 0.6) is 0 Å². The molecule has 1 aliphatic heterocycles. The standard InChI is InChI=1S/C24H24F3N3O/c25-24(26,27)23(31)30(16-18-10-12-29-22-9-5-4-8-21(18)22)20-11-13-28-19(15-20)14-17-6-2-1-3-7-17/h1-10,12,19-20,28H,11,13-16H2/t19-,20+/m1/s1. The van der Waals surface area contributed by atoms with Gasteiger partial charge < -0.3 is 10.2 Å². The number of rotatable bonds is 5. The number of hydrogen-bond acceptors (Lipinski definition) is 3. The summed E-state index contributed by atoms with van der Waals surface area (Å²) < 4.78 is 40.5. The van der Waals surface area contributed by atoms with Crippen LogP contribution in [0.25, 0.3) is 10.9 Å². The number of hydrogen-bond donors (Lipinski definition) is 1. The zero-order valence-electron chi connectivity index (χ0n) is 17.0. The quantitative estimate of drug-likeness (QED) is 0.653. The summed E-state index contributed by atoms with van der Waals surface area (Å²) in [7, 11) is 0. The molecule has 1 N–H and O–H groups in total. The summed E-state index contributed by atoms with van der Waals surface area (Å²) in [5.74, 6) is -1.78. The minimum absolute atomic E-state index is 0.0128. The Balaban J connectivity index is 1.59. The molecule has 0 bridgehead atoms. The Hall–Kier alpha value is -2.93. The van der Waals surface area contributed by atoms with Crippen LogP contribution in [0.15, 0.2) is 66.9 Å². The van der Waals surface area contributed by atoms with Gasteiger partial charge in [-0.3, -0.25) is 9.78 Å². The number of para-hydroxylation sites is 1. The SMILES string of the molecule is O=C(N(Cc1ccnc2ccccc12)[C@H]1CCN[C@H](Cc2ccccc2)C1)C(F)(F)F. The average molecular weight is 427 g/mol. The fourth-order valence-corrected chi connectivity index (χ4v) is 4.33. The number of carbonyl (C=O) groups is 1. The van der Waals surface area contributed by atoms with E-state index < -0.39 is 18.1 Å². The average Bonchev–Trinajstić information content (AvgIpc) is 2.77. The molecule has 1 amide bonds. The maximum absolute atomic E-state index is 13.5. The van der Waals surface area contributed by atoms with Crippen LogP contribution in [0.3, 0.4) is 0 Å². The van der Waals surface area contributed by atoms with E-state index in [1.54, 1.807) is 12.3 Å². The third kappa shape index (κ3) is 5.05. The molecular weight excluding hydrogens is 403 g/mol. The van der Waals surface area contributed by atoms with Gasteiger partial charge in [0.25, 0.3) is 0 Å². The number of nitrogens with zero attached hydrogens (tertiary/aromatic N) is 2. The highest BCUT2D eigenvalue weighted by Gasteiger charge is 2.45. The fourth-order valence-electron chi connectivity index (χ4n) is 4.33. The molecule has 0 spiro atoms. The largest absolute Gasteiger partial charge is 0.471 e. The molecule has 1 aromatic heterocycles. The van der Waals surface area contributed by atoms with Crippen LogP contribution in [0, 0.1) is 0 Å². The number of amides is 1. The van der Waals surface area contributed by atoms with Gasteiger partial charge in [-0.2, -0.15) is 13.2 Å². The van der Waals surface area contributed by atoms with E-state index in [0.717, 1.165) is 15.8 Å². The second-order valence-electron chi connectivity index (χ2n) is 7.94. The molecule has 7 heteroatoms. The van der Waals surface area contributed by atoms with Crippen molar-refractivity contribution in [1.29, 1.82) is 0 Å². The molecule has 3 aromatic rings. The number of halogens is 3. The molecule has 2 atom stereocenters. The number of nitrogens with one attached hydrogen (secondary N) is 1. The van der Waals surface area contributed by atoms with Gasteiger partial charge in [-0.15, -0.1) is 0 Å². The van der Waals surface area contributed by atoms with Crippen molar-refractivity contribution in [2.75, 3.05) is 6.54 Å². The second kappa shape index (κ2) is 9.06. The molecule has 0 saturated carbocycles. The van der Waals surface area contributed by atoms with Crippen molar-refractivity contribution in [3.63, 3.8) is 0 Å². The number of pyridine rings is 1. The Morgan fingerprint density at radius 2 is 1.81 bits per heavy atom. The third-order valence-electron chi connectivity index (χ3n) is 5.82. The summed E-state index contributed by atoms with van der Waals surface area (Å²) in [5.41, 5.74) is 2.49. The van der Waals surface area contributed by atoms with Crippen LogP contribution in [-0.4, -0.2) is 40.6 Å². The molecule has 1 aliphatic rings. The molecule has 0 radical (unpaired) electrons. The molecule has 2 aromatic carbocycles. The summed E-state index contributed by atoms with van der Waals surface area (Å²) in [6, 6.07) is 18.4. The smallest absolute Gasteiger partial charge is 0.327 e. The highest BCUT2D eigenvalue weighted by molar-refractivity contribution is 5.84. The van der Waals surface area contributed by atoms with Crippen LogP contribution in [-0.2, 0) is 17.8 Å². The van der Waals surface area contributed by atoms with Crippen molar-refractivity contribution < 1.29 is 18.0 Å². The Morgan fingerprint density at radius 1 is 1.06 bits per heavy atom. The highest BCUT2D eigenvalue weighted by Crippen LogP contribution is 2.28. The Labute approximate surface area is 179 Å². The minimum Gasteiger partial charge on any atom is -0.327 e. The van der Waals surface area contributed by atoms with Crippen molar-refractivity contribution in [2.24, 2.45) is 0 Å². The van der Waals surface area contributed by atoms with E-state index in [-0.39, 0.29) is 12.6 Å². The number of benzene rings is 2. The van der Waals surface area contributed by atoms with Crippen molar-refractivity contribution in [2.45, 2.75) is 44.1 Å². The lowest BCUT2D eigenvalue weighted by molar-refractivity contribution is -0.189. The van der Waals surface area contributed by atoms with E-state index in [2.05, 4.69) is 10.3 Å². The molecule has 2 heterocycles. The number of piperidine rings is 1. The van der Waals surface area contributed by atoms with Crippen LogP contribution in [0.2, 0.25) is 0 Å². The van der Waals surface area contributed by atoms with Crippen molar-refractivity contribution in [3.8, 4) is 0 Å². The van der Waals surface area contributed by atoms with Gasteiger partial charge in [0.05, 0.1) is 5.52 Å². The van der Waals surface area contributed by atoms with Gasteiger partial charge in [0.1, 0.15) is 0 Å². The zero-order valence-corrected chi connectivity index (χ0v) is 17.0. The zero-order chi connectivity index (χ0) is 21.8. The summed E-state index contributed by atoms with van der Waals surface area (Å²) in [5, 5.41) is 4.16. The third-order valence-corrected chi connectivity index (χ3v) is 5.82. The van der Waals surface area contributed by atoms with Gasteiger partial charge in [-0.1, -0.05) is 48.5 Å². The van der Waals surface area contributed by atoms with Gasteiger partial charge in [0, 0.05) is 30.2 Å². The van der Waals surface area contributed by atoms with Gasteiger partial charge in [0.2, 0.25) is 0 Å². The number of carbonyl (C=O) groups excluding carboxylic acids is 1. The topological polar surface area (TPSA) is 45.2 Å². The molecule has 0 aliphatic carbocycles. The second-order valence-corrected chi connectivity index (χ2v) is 7.94. The lowest BCUT2D eigenvalue weighted by Gasteiger charge is -2.38. The Bertz CT molecular complexity index is 1030. The van der Waals surface area contributed by atoms with Crippen molar-refractivity contribution in [3.05, 3.63) is 78.0 Å². The van der Waals surface area contributed by atoms with Gasteiger partial charge in [-0.05, 0) is 49.1 Å². The van der Waals surface area contributed by atoms with E-state index >= 15 is 0 Å². The van der Waals surface area contributed by atoms with E-state index in [1.165, 1.54) is 0 Å². The monoisotopic (exact) mass is 427 g/mol. The molecule has 4 nitrogen and oxygen atoms in total. The molecule has 0 unspecified atom stereocenters. The van der Waals surface area contributed by atoms with E-state index in [4.69, 9.17) is 0 Å². The normalized spacial score (nSPS) is 19.3. The van der Waals surface area contributed by atoms with Crippen LogP contribution >= 0.6 is 0 Å². The first-order chi connectivity index (χ1) is 14.9. The molecule has 1 fully saturated rings. The van der Waals surface area contributed by atoms with E-state index in [9.17, 15) is 18.0 Å². The maximum atomic E-state index is 13.5. The predicted octanol–water partition coefficient (Wildman–Crippen LogP) is 4.49. The summed E-state index contributed by atoms with van der Waals surface area (Å²) >= 11 is 0. The predicted molar refractivity (Wildman–Crippen MR) is 113 cm³/mol. The van der Waals surface area contributed by atoms with Crippen molar-refractivity contribution >= 4 is 16.8 Å². The van der Waals surface area contributed by atoms with Gasteiger partial charge >= 0.3 is 12.1 Å². The molecular formula is C24H24F3N3O. The Kier molecular flexibility index (Phi) is 6.23.